The minimum atomic E-state index is -0.778. The third-order valence-electron chi connectivity index (χ3n) is 13.2. The van der Waals surface area contributed by atoms with E-state index in [2.05, 4.69) is 98.9 Å². The van der Waals surface area contributed by atoms with Crippen molar-refractivity contribution >= 4 is 11.9 Å². The van der Waals surface area contributed by atoms with E-state index in [0.29, 0.717) is 12.8 Å². The van der Waals surface area contributed by atoms with Crippen molar-refractivity contribution in [2.75, 3.05) is 13.2 Å². The molecule has 1 unspecified atom stereocenters. The number of rotatable bonds is 55. The number of esters is 2. The third kappa shape index (κ3) is 57.7. The molecule has 0 rings (SSSR count). The van der Waals surface area contributed by atoms with Crippen molar-refractivity contribution in [3.63, 3.8) is 0 Å². The van der Waals surface area contributed by atoms with Crippen LogP contribution >= 0.6 is 0 Å². The molecular weight excluding hydrogens is 861 g/mol. The molecule has 0 bridgehead atoms. The lowest BCUT2D eigenvalue weighted by Gasteiger charge is -2.15. The van der Waals surface area contributed by atoms with Crippen LogP contribution < -0.4 is 0 Å². The first kappa shape index (κ1) is 67.1. The number of aliphatic hydroxyl groups is 1. The molecule has 0 saturated carbocycles. The largest absolute Gasteiger partial charge is 0.462 e. The lowest BCUT2D eigenvalue weighted by molar-refractivity contribution is -0.161. The predicted molar refractivity (Wildman–Crippen MR) is 306 cm³/mol. The average Bonchev–Trinajstić information content (AvgIpc) is 3.36. The summed E-state index contributed by atoms with van der Waals surface area (Å²) in [5.74, 6) is -0.593. The van der Waals surface area contributed by atoms with E-state index in [-0.39, 0.29) is 25.2 Å². The maximum Gasteiger partial charge on any atom is 0.306 e. The molecule has 0 aliphatic carbocycles. The number of carbonyl (C=O) groups excluding carboxylic acids is 2. The standard InChI is InChI=1S/C65H114O5/c1-3-5-7-9-11-13-15-17-19-21-22-23-24-25-26-27-28-29-30-31-32-33-34-35-36-37-38-39-40-41-42-44-46-48-50-52-54-56-58-60-65(68)70-63(61-66)62-69-64(67)59-57-55-53-51-49-47-45-43-20-18-16-14-12-10-8-6-4-2/h5-8,11-14,17-20,22-23,63,66H,3-4,9-10,15-16,21,24-62H2,1-2H3/b7-5-,8-6-,13-11-,14-12-,19-17-,20-18-,23-22-. The molecule has 5 heteroatoms. The molecule has 404 valence electrons. The molecule has 1 atom stereocenters. The Hall–Kier alpha value is -2.92. The van der Waals surface area contributed by atoms with E-state index in [4.69, 9.17) is 9.47 Å². The molecule has 0 fully saturated rings. The molecule has 5 nitrogen and oxygen atoms in total. The van der Waals surface area contributed by atoms with Crippen LogP contribution in [-0.4, -0.2) is 36.4 Å². The molecule has 0 aliphatic heterocycles. The summed E-state index contributed by atoms with van der Waals surface area (Å²) in [5.41, 5.74) is 0. The Labute approximate surface area is 435 Å². The normalized spacial score (nSPS) is 12.8. The van der Waals surface area contributed by atoms with Crippen LogP contribution in [0.4, 0.5) is 0 Å². The number of unbranched alkanes of at least 4 members (excludes halogenated alkanes) is 33. The van der Waals surface area contributed by atoms with Crippen LogP contribution in [0.15, 0.2) is 85.1 Å². The molecule has 0 aliphatic rings. The van der Waals surface area contributed by atoms with E-state index in [1.807, 2.05) is 0 Å². The lowest BCUT2D eigenvalue weighted by Crippen LogP contribution is -2.28. The van der Waals surface area contributed by atoms with E-state index in [1.54, 1.807) is 0 Å². The van der Waals surface area contributed by atoms with Crippen LogP contribution in [0.5, 0.6) is 0 Å². The minimum absolute atomic E-state index is 0.0704. The summed E-state index contributed by atoms with van der Waals surface area (Å²) in [6, 6.07) is 0. The van der Waals surface area contributed by atoms with Gasteiger partial charge in [-0.3, -0.25) is 9.59 Å². The van der Waals surface area contributed by atoms with Gasteiger partial charge in [-0.15, -0.1) is 0 Å². The monoisotopic (exact) mass is 975 g/mol. The summed E-state index contributed by atoms with van der Waals surface area (Å²) in [6.45, 7) is 3.93. The van der Waals surface area contributed by atoms with Gasteiger partial charge in [0, 0.05) is 12.8 Å². The van der Waals surface area contributed by atoms with Crippen molar-refractivity contribution in [1.29, 1.82) is 0 Å². The highest BCUT2D eigenvalue weighted by atomic mass is 16.6. The van der Waals surface area contributed by atoms with E-state index in [1.165, 1.54) is 180 Å². The van der Waals surface area contributed by atoms with E-state index in [9.17, 15) is 14.7 Å². The van der Waals surface area contributed by atoms with Crippen molar-refractivity contribution < 1.29 is 24.2 Å². The zero-order valence-corrected chi connectivity index (χ0v) is 46.3. The molecule has 0 heterocycles. The molecule has 0 spiro atoms. The predicted octanol–water partition coefficient (Wildman–Crippen LogP) is 20.5. The van der Waals surface area contributed by atoms with Crippen LogP contribution in [0.2, 0.25) is 0 Å². The molecule has 0 aromatic heterocycles. The van der Waals surface area contributed by atoms with Crippen molar-refractivity contribution in [3.8, 4) is 0 Å². The average molecular weight is 976 g/mol. The van der Waals surface area contributed by atoms with Gasteiger partial charge in [0.25, 0.3) is 0 Å². The number of aliphatic hydroxyl groups excluding tert-OH is 1. The second-order valence-electron chi connectivity index (χ2n) is 20.0. The van der Waals surface area contributed by atoms with Crippen molar-refractivity contribution in [3.05, 3.63) is 85.1 Å². The van der Waals surface area contributed by atoms with Gasteiger partial charge in [-0.2, -0.15) is 0 Å². The van der Waals surface area contributed by atoms with Gasteiger partial charge in [0.15, 0.2) is 6.10 Å². The highest BCUT2D eigenvalue weighted by Gasteiger charge is 2.16. The van der Waals surface area contributed by atoms with Crippen LogP contribution in [0.1, 0.15) is 296 Å². The highest BCUT2D eigenvalue weighted by molar-refractivity contribution is 5.70. The summed E-state index contributed by atoms with van der Waals surface area (Å²) in [4.78, 5) is 24.5. The summed E-state index contributed by atoms with van der Waals surface area (Å²) >= 11 is 0. The molecule has 0 amide bonds. The molecular formula is C65H114O5. The van der Waals surface area contributed by atoms with Crippen molar-refractivity contribution in [1.82, 2.24) is 0 Å². The molecule has 70 heavy (non-hydrogen) atoms. The zero-order chi connectivity index (χ0) is 50.6. The Morgan fingerprint density at radius 2 is 0.571 bits per heavy atom. The van der Waals surface area contributed by atoms with Crippen LogP contribution in [0.25, 0.3) is 0 Å². The number of ether oxygens (including phenoxy) is 2. The first-order chi connectivity index (χ1) is 34.6. The van der Waals surface area contributed by atoms with Crippen molar-refractivity contribution in [2.45, 2.75) is 302 Å². The van der Waals surface area contributed by atoms with E-state index in [0.717, 1.165) is 89.9 Å². The summed E-state index contributed by atoms with van der Waals surface area (Å²) < 4.78 is 10.7. The second-order valence-corrected chi connectivity index (χ2v) is 20.0. The number of carbonyl (C=O) groups is 2. The summed E-state index contributed by atoms with van der Waals surface area (Å²) in [7, 11) is 0. The Morgan fingerprint density at radius 3 is 0.857 bits per heavy atom. The molecule has 0 aromatic carbocycles. The smallest absolute Gasteiger partial charge is 0.306 e. The molecule has 0 radical (unpaired) electrons. The van der Waals surface area contributed by atoms with Crippen LogP contribution in [0, 0.1) is 0 Å². The maximum absolute atomic E-state index is 12.3. The Bertz CT molecular complexity index is 1290. The SMILES string of the molecule is CC/C=C\C/C=C\C/C=C\C/C=C\CCCCCCCCCCCCCCCCCCCCCCCCCCCCC(=O)OC(CO)COC(=O)CCCCCCCCC/C=C\C/C=C\C/C=C\CC. The maximum atomic E-state index is 12.3. The van der Waals surface area contributed by atoms with Gasteiger partial charge >= 0.3 is 11.9 Å². The highest BCUT2D eigenvalue weighted by Crippen LogP contribution is 2.17. The zero-order valence-electron chi connectivity index (χ0n) is 46.3. The van der Waals surface area contributed by atoms with Gasteiger partial charge in [-0.1, -0.05) is 285 Å². The summed E-state index contributed by atoms with van der Waals surface area (Å²) in [5, 5.41) is 9.65. The molecule has 1 N–H and O–H groups in total. The third-order valence-corrected chi connectivity index (χ3v) is 13.2. The topological polar surface area (TPSA) is 72.8 Å². The number of hydrogen-bond acceptors (Lipinski definition) is 5. The van der Waals surface area contributed by atoms with Gasteiger partial charge < -0.3 is 14.6 Å². The van der Waals surface area contributed by atoms with Gasteiger partial charge in [0.2, 0.25) is 0 Å². The van der Waals surface area contributed by atoms with Gasteiger partial charge in [-0.05, 0) is 83.5 Å². The number of hydrogen-bond donors (Lipinski definition) is 1. The Morgan fingerprint density at radius 1 is 0.329 bits per heavy atom. The van der Waals surface area contributed by atoms with Gasteiger partial charge in [0.1, 0.15) is 6.61 Å². The van der Waals surface area contributed by atoms with Gasteiger partial charge in [-0.25, -0.2) is 0 Å². The van der Waals surface area contributed by atoms with E-state index >= 15 is 0 Å². The second kappa shape index (κ2) is 60.4. The Kier molecular flexibility index (Phi) is 57.9. The quantitative estimate of drug-likeness (QED) is 0.0373. The molecule has 0 saturated heterocycles. The van der Waals surface area contributed by atoms with Crippen LogP contribution in [-0.2, 0) is 19.1 Å². The first-order valence-corrected chi connectivity index (χ1v) is 30.1. The Balaban J connectivity index is 3.40. The fraction of sp³-hybridized carbons (Fsp3) is 0.754. The van der Waals surface area contributed by atoms with Gasteiger partial charge in [0.05, 0.1) is 6.61 Å². The minimum Gasteiger partial charge on any atom is -0.462 e. The summed E-state index contributed by atoms with van der Waals surface area (Å²) in [6.07, 6.45) is 84.5. The van der Waals surface area contributed by atoms with Crippen LogP contribution in [0.3, 0.4) is 0 Å². The van der Waals surface area contributed by atoms with Crippen molar-refractivity contribution in [2.24, 2.45) is 0 Å². The number of allylic oxidation sites excluding steroid dienone is 14. The molecule has 0 aromatic rings. The fourth-order valence-electron chi connectivity index (χ4n) is 8.74. The van der Waals surface area contributed by atoms with E-state index < -0.39 is 6.10 Å². The fourth-order valence-corrected chi connectivity index (χ4v) is 8.74. The first-order valence-electron chi connectivity index (χ1n) is 30.1. The lowest BCUT2D eigenvalue weighted by atomic mass is 10.0.